The van der Waals surface area contributed by atoms with E-state index < -0.39 is 23.9 Å². The van der Waals surface area contributed by atoms with Crippen LogP contribution in [-0.4, -0.2) is 36.6 Å². The molecule has 130 valence electrons. The van der Waals surface area contributed by atoms with Gasteiger partial charge in [0, 0.05) is 32.6 Å². The number of nitrogens with one attached hydrogen (secondary N) is 1. The summed E-state index contributed by atoms with van der Waals surface area (Å²) in [6, 6.07) is 9.30. The molecule has 1 fully saturated rings. The van der Waals surface area contributed by atoms with Crippen molar-refractivity contribution in [3.05, 3.63) is 35.9 Å². The van der Waals surface area contributed by atoms with Crippen LogP contribution in [0.5, 0.6) is 0 Å². The van der Waals surface area contributed by atoms with Crippen molar-refractivity contribution < 1.29 is 18.0 Å². The first-order valence-electron chi connectivity index (χ1n) is 7.96. The first-order chi connectivity index (χ1) is 11.4. The molecule has 1 amide bonds. The summed E-state index contributed by atoms with van der Waals surface area (Å²) in [6.45, 7) is 0.679. The van der Waals surface area contributed by atoms with E-state index in [0.717, 1.165) is 5.56 Å². The third-order valence-electron chi connectivity index (χ3n) is 4.20. The summed E-state index contributed by atoms with van der Waals surface area (Å²) >= 11 is 0. The number of terminal acetylenes is 1. The van der Waals surface area contributed by atoms with Crippen LogP contribution in [0, 0.1) is 24.2 Å². The van der Waals surface area contributed by atoms with Crippen LogP contribution in [0.1, 0.15) is 18.4 Å². The van der Waals surface area contributed by atoms with Crippen molar-refractivity contribution in [2.75, 3.05) is 19.6 Å². The van der Waals surface area contributed by atoms with Crippen LogP contribution in [-0.2, 0) is 11.3 Å². The number of carbonyl (C=O) groups excluding carboxylic acids is 1. The molecule has 6 heteroatoms. The van der Waals surface area contributed by atoms with Crippen LogP contribution in [0.2, 0.25) is 0 Å². The van der Waals surface area contributed by atoms with Gasteiger partial charge in [0.15, 0.2) is 0 Å². The van der Waals surface area contributed by atoms with E-state index in [1.54, 1.807) is 4.90 Å². The summed E-state index contributed by atoms with van der Waals surface area (Å²) in [7, 11) is 0. The molecule has 1 saturated heterocycles. The molecular weight excluding hydrogens is 317 g/mol. The maximum Gasteiger partial charge on any atom is 0.393 e. The number of halogens is 3. The highest BCUT2D eigenvalue weighted by atomic mass is 19.4. The van der Waals surface area contributed by atoms with Gasteiger partial charge in [0.1, 0.15) is 0 Å². The van der Waals surface area contributed by atoms with Gasteiger partial charge in [-0.3, -0.25) is 9.69 Å². The fraction of sp³-hybridized carbons (Fsp3) is 0.500. The molecule has 2 rings (SSSR count). The molecule has 1 aromatic rings. The Balaban J connectivity index is 1.99. The van der Waals surface area contributed by atoms with Crippen LogP contribution in [0.15, 0.2) is 30.3 Å². The van der Waals surface area contributed by atoms with Crippen molar-refractivity contribution in [3.63, 3.8) is 0 Å². The Morgan fingerprint density at radius 3 is 2.62 bits per heavy atom. The molecular formula is C18H21F3N2O. The standard InChI is InChI=1S/C18H21F3N2O/c1-2-3-7-10-22-17(24)15-12-23(13-16(15)18(19,20)21)11-14-8-5-4-6-9-14/h1,4-6,8-9,15-16H,3,7,10-13H2,(H,22,24)/t15-,16-/m0/s1. The number of alkyl halides is 3. The normalized spacial score (nSPS) is 21.4. The molecule has 0 aromatic heterocycles. The summed E-state index contributed by atoms with van der Waals surface area (Å²) in [5, 5.41) is 2.58. The van der Waals surface area contributed by atoms with E-state index in [9.17, 15) is 18.0 Å². The zero-order chi connectivity index (χ0) is 17.6. The Morgan fingerprint density at radius 2 is 2.00 bits per heavy atom. The molecule has 24 heavy (non-hydrogen) atoms. The third kappa shape index (κ3) is 5.00. The fourth-order valence-electron chi connectivity index (χ4n) is 2.99. The highest BCUT2D eigenvalue weighted by molar-refractivity contribution is 5.79. The fourth-order valence-corrected chi connectivity index (χ4v) is 2.99. The number of benzene rings is 1. The average Bonchev–Trinajstić information content (AvgIpc) is 2.96. The Bertz CT molecular complexity index is 580. The minimum Gasteiger partial charge on any atom is -0.356 e. The smallest absolute Gasteiger partial charge is 0.356 e. The van der Waals surface area contributed by atoms with E-state index in [1.807, 2.05) is 30.3 Å². The lowest BCUT2D eigenvalue weighted by atomic mass is 9.94. The molecule has 1 aromatic carbocycles. The van der Waals surface area contributed by atoms with Crippen LogP contribution >= 0.6 is 0 Å². The van der Waals surface area contributed by atoms with E-state index >= 15 is 0 Å². The molecule has 1 aliphatic heterocycles. The van der Waals surface area contributed by atoms with Crippen LogP contribution in [0.4, 0.5) is 13.2 Å². The quantitative estimate of drug-likeness (QED) is 0.639. The van der Waals surface area contributed by atoms with Crippen molar-refractivity contribution in [2.45, 2.75) is 25.6 Å². The molecule has 0 spiro atoms. The Kier molecular flexibility index (Phi) is 6.27. The molecule has 2 atom stereocenters. The predicted molar refractivity (Wildman–Crippen MR) is 85.8 cm³/mol. The molecule has 0 radical (unpaired) electrons. The molecule has 3 nitrogen and oxygen atoms in total. The zero-order valence-corrected chi connectivity index (χ0v) is 13.4. The second-order valence-electron chi connectivity index (χ2n) is 6.03. The second-order valence-corrected chi connectivity index (χ2v) is 6.03. The van der Waals surface area contributed by atoms with Gasteiger partial charge in [-0.15, -0.1) is 12.3 Å². The molecule has 0 aliphatic carbocycles. The lowest BCUT2D eigenvalue weighted by molar-refractivity contribution is -0.183. The van der Waals surface area contributed by atoms with Crippen molar-refractivity contribution in [3.8, 4) is 12.3 Å². The number of rotatable bonds is 6. The average molecular weight is 338 g/mol. The van der Waals surface area contributed by atoms with Crippen molar-refractivity contribution in [1.82, 2.24) is 10.2 Å². The van der Waals surface area contributed by atoms with Crippen LogP contribution < -0.4 is 5.32 Å². The minimum atomic E-state index is -4.38. The zero-order valence-electron chi connectivity index (χ0n) is 13.4. The molecule has 0 unspecified atom stereocenters. The summed E-state index contributed by atoms with van der Waals surface area (Å²) in [4.78, 5) is 13.9. The highest BCUT2D eigenvalue weighted by Crippen LogP contribution is 2.38. The summed E-state index contributed by atoms with van der Waals surface area (Å²) < 4.78 is 39.9. The van der Waals surface area contributed by atoms with E-state index in [4.69, 9.17) is 6.42 Å². The van der Waals surface area contributed by atoms with Gasteiger partial charge in [-0.25, -0.2) is 0 Å². The van der Waals surface area contributed by atoms with Gasteiger partial charge in [-0.2, -0.15) is 13.2 Å². The van der Waals surface area contributed by atoms with Gasteiger partial charge in [0.25, 0.3) is 0 Å². The second kappa shape index (κ2) is 8.20. The number of likely N-dealkylation sites (tertiary alicyclic amines) is 1. The summed E-state index contributed by atoms with van der Waals surface area (Å²) in [6.07, 6.45) is 1.80. The number of nitrogens with zero attached hydrogens (tertiary/aromatic N) is 1. The molecule has 1 heterocycles. The van der Waals surface area contributed by atoms with Crippen molar-refractivity contribution in [2.24, 2.45) is 11.8 Å². The molecule has 1 N–H and O–H groups in total. The first-order valence-corrected chi connectivity index (χ1v) is 7.96. The molecule has 0 saturated carbocycles. The topological polar surface area (TPSA) is 32.3 Å². The van der Waals surface area contributed by atoms with Gasteiger partial charge in [0.05, 0.1) is 11.8 Å². The SMILES string of the molecule is C#CCCCNC(=O)[C@H]1CN(Cc2ccccc2)C[C@@H]1C(F)(F)F. The van der Waals surface area contributed by atoms with Gasteiger partial charge in [0.2, 0.25) is 5.91 Å². The monoisotopic (exact) mass is 338 g/mol. The lowest BCUT2D eigenvalue weighted by Gasteiger charge is -2.20. The van der Waals surface area contributed by atoms with Gasteiger partial charge in [-0.05, 0) is 12.0 Å². The van der Waals surface area contributed by atoms with E-state index in [-0.39, 0.29) is 13.1 Å². The largest absolute Gasteiger partial charge is 0.393 e. The number of unbranched alkanes of at least 4 members (excludes halogenated alkanes) is 1. The van der Waals surface area contributed by atoms with Crippen LogP contribution in [0.25, 0.3) is 0 Å². The number of hydrogen-bond acceptors (Lipinski definition) is 2. The maximum atomic E-state index is 13.3. The summed E-state index contributed by atoms with van der Waals surface area (Å²) in [5.74, 6) is -0.799. The van der Waals surface area contributed by atoms with Gasteiger partial charge in [-0.1, -0.05) is 30.3 Å². The van der Waals surface area contributed by atoms with Gasteiger partial charge >= 0.3 is 6.18 Å². The predicted octanol–water partition coefficient (Wildman–Crippen LogP) is 2.83. The number of hydrogen-bond donors (Lipinski definition) is 1. The van der Waals surface area contributed by atoms with E-state index in [2.05, 4.69) is 11.2 Å². The summed E-state index contributed by atoms with van der Waals surface area (Å²) in [5.41, 5.74) is 0.938. The van der Waals surface area contributed by atoms with Gasteiger partial charge < -0.3 is 5.32 Å². The van der Waals surface area contributed by atoms with Crippen molar-refractivity contribution in [1.29, 1.82) is 0 Å². The first kappa shape index (κ1) is 18.3. The van der Waals surface area contributed by atoms with E-state index in [0.29, 0.717) is 25.9 Å². The maximum absolute atomic E-state index is 13.3. The Labute approximate surface area is 140 Å². The van der Waals surface area contributed by atoms with E-state index in [1.165, 1.54) is 0 Å². The highest BCUT2D eigenvalue weighted by Gasteiger charge is 2.52. The van der Waals surface area contributed by atoms with Crippen LogP contribution in [0.3, 0.4) is 0 Å². The molecule has 0 bridgehead atoms. The Hall–Kier alpha value is -2.00. The number of amides is 1. The van der Waals surface area contributed by atoms with Crippen molar-refractivity contribution >= 4 is 5.91 Å². The number of carbonyl (C=O) groups is 1. The lowest BCUT2D eigenvalue weighted by Crippen LogP contribution is -2.40. The minimum absolute atomic E-state index is 0.111. The molecule has 1 aliphatic rings. The Morgan fingerprint density at radius 1 is 1.29 bits per heavy atom. The third-order valence-corrected chi connectivity index (χ3v) is 4.20.